The van der Waals surface area contributed by atoms with Crippen LogP contribution in [0.25, 0.3) is 0 Å². The maximum Gasteiger partial charge on any atom is 0.314 e. The third-order valence-corrected chi connectivity index (χ3v) is 8.31. The van der Waals surface area contributed by atoms with Crippen molar-refractivity contribution in [3.05, 3.63) is 41.5 Å². The number of nitriles is 1. The topological polar surface area (TPSA) is 50.1 Å². The van der Waals surface area contributed by atoms with E-state index in [0.29, 0.717) is 5.92 Å². The summed E-state index contributed by atoms with van der Waals surface area (Å²) in [7, 11) is 0. The molecule has 0 N–H and O–H groups in total. The molecular formula is C27H33F2NO2. The molecule has 4 unspecified atom stereocenters. The van der Waals surface area contributed by atoms with Gasteiger partial charge in [0, 0.05) is 0 Å². The number of fused-ring (bicyclic) bond motifs is 1. The van der Waals surface area contributed by atoms with Gasteiger partial charge in [0.25, 0.3) is 0 Å². The first kappa shape index (κ1) is 23.0. The maximum atomic E-state index is 14.1. The van der Waals surface area contributed by atoms with Crippen LogP contribution in [0.4, 0.5) is 8.78 Å². The standard InChI is InChI=1S/C27H33F2NO2/c1-2-3-17-4-5-22-15-21(11-10-20(22)14-17)18-6-8-19(9-7-18)27(31)32-24-13-12-23(16-30)25(28)26(24)29/h2-3,12-13,17-22H,4-11,14-15H2,1H3/b3-2+. The molecule has 4 rings (SSSR count). The predicted octanol–water partition coefficient (Wildman–Crippen LogP) is 6.96. The molecule has 0 aromatic heterocycles. The minimum Gasteiger partial charge on any atom is -0.423 e. The zero-order valence-corrected chi connectivity index (χ0v) is 18.9. The molecule has 3 nitrogen and oxygen atoms in total. The molecule has 3 saturated carbocycles. The van der Waals surface area contributed by atoms with Gasteiger partial charge in [-0.2, -0.15) is 9.65 Å². The van der Waals surface area contributed by atoms with Gasteiger partial charge >= 0.3 is 5.97 Å². The number of allylic oxidation sites excluding steroid dienone is 2. The quantitative estimate of drug-likeness (QED) is 0.288. The lowest BCUT2D eigenvalue weighted by atomic mass is 9.61. The Morgan fingerprint density at radius 3 is 2.25 bits per heavy atom. The maximum absolute atomic E-state index is 14.1. The Kier molecular flexibility index (Phi) is 7.28. The van der Waals surface area contributed by atoms with E-state index in [0.717, 1.165) is 61.5 Å². The zero-order chi connectivity index (χ0) is 22.7. The van der Waals surface area contributed by atoms with Gasteiger partial charge in [0.2, 0.25) is 5.82 Å². The number of hydrogen-bond donors (Lipinski definition) is 0. The summed E-state index contributed by atoms with van der Waals surface area (Å²) in [5.41, 5.74) is -0.396. The highest BCUT2D eigenvalue weighted by Gasteiger charge is 2.39. The SMILES string of the molecule is C/C=C/C1CCC2CC(C3CCC(C(=O)Oc4ccc(C#N)c(F)c4F)CC3)CCC2C1. The average Bonchev–Trinajstić information content (AvgIpc) is 2.82. The zero-order valence-electron chi connectivity index (χ0n) is 18.9. The average molecular weight is 442 g/mol. The predicted molar refractivity (Wildman–Crippen MR) is 119 cm³/mol. The minimum atomic E-state index is -1.27. The van der Waals surface area contributed by atoms with E-state index in [1.807, 2.05) is 0 Å². The van der Waals surface area contributed by atoms with Crippen LogP contribution < -0.4 is 4.74 Å². The van der Waals surface area contributed by atoms with Gasteiger partial charge in [-0.3, -0.25) is 4.79 Å². The fraction of sp³-hybridized carbons (Fsp3) is 0.630. The van der Waals surface area contributed by atoms with Crippen LogP contribution in [0.1, 0.15) is 76.7 Å². The van der Waals surface area contributed by atoms with Crippen molar-refractivity contribution < 1.29 is 18.3 Å². The Labute approximate surface area is 189 Å². The number of carbonyl (C=O) groups is 1. The van der Waals surface area contributed by atoms with Crippen LogP contribution in [0.15, 0.2) is 24.3 Å². The summed E-state index contributed by atoms with van der Waals surface area (Å²) in [4.78, 5) is 12.6. The van der Waals surface area contributed by atoms with Gasteiger partial charge in [0.15, 0.2) is 11.6 Å². The summed E-state index contributed by atoms with van der Waals surface area (Å²) >= 11 is 0. The molecule has 0 radical (unpaired) electrons. The molecule has 3 aliphatic carbocycles. The number of ether oxygens (including phenoxy) is 1. The van der Waals surface area contributed by atoms with E-state index in [4.69, 9.17) is 10.00 Å². The van der Waals surface area contributed by atoms with Crippen LogP contribution in [-0.2, 0) is 4.79 Å². The highest BCUT2D eigenvalue weighted by Crippen LogP contribution is 2.49. The van der Waals surface area contributed by atoms with Gasteiger partial charge in [-0.05, 0) is 113 Å². The van der Waals surface area contributed by atoms with Crippen LogP contribution in [0.2, 0.25) is 0 Å². The van der Waals surface area contributed by atoms with E-state index in [9.17, 15) is 13.6 Å². The van der Waals surface area contributed by atoms with E-state index < -0.39 is 28.9 Å². The molecule has 172 valence electrons. The second-order valence-corrected chi connectivity index (χ2v) is 10.1. The van der Waals surface area contributed by atoms with Gasteiger partial charge in [-0.1, -0.05) is 12.2 Å². The molecule has 3 aliphatic rings. The Bertz CT molecular complexity index is 898. The fourth-order valence-corrected chi connectivity index (χ4v) is 6.55. The van der Waals surface area contributed by atoms with E-state index in [-0.39, 0.29) is 5.92 Å². The Morgan fingerprint density at radius 1 is 0.938 bits per heavy atom. The molecule has 1 aromatic carbocycles. The first-order chi connectivity index (χ1) is 15.5. The van der Waals surface area contributed by atoms with Crippen molar-refractivity contribution in [1.29, 1.82) is 5.26 Å². The lowest BCUT2D eigenvalue weighted by Gasteiger charge is -2.45. The smallest absolute Gasteiger partial charge is 0.314 e. The molecule has 3 fully saturated rings. The second-order valence-electron chi connectivity index (χ2n) is 10.1. The summed E-state index contributed by atoms with van der Waals surface area (Å²) in [5, 5.41) is 8.78. The first-order valence-electron chi connectivity index (χ1n) is 12.2. The van der Waals surface area contributed by atoms with E-state index in [1.165, 1.54) is 38.5 Å². The molecule has 0 amide bonds. The van der Waals surface area contributed by atoms with Crippen LogP contribution in [0.5, 0.6) is 5.75 Å². The number of carbonyl (C=O) groups excluding carboxylic acids is 1. The van der Waals surface area contributed by atoms with Crippen molar-refractivity contribution in [2.75, 3.05) is 0 Å². The lowest BCUT2D eigenvalue weighted by Crippen LogP contribution is -2.35. The van der Waals surface area contributed by atoms with Crippen molar-refractivity contribution in [2.24, 2.45) is 35.5 Å². The number of nitrogens with zero attached hydrogens (tertiary/aromatic N) is 1. The lowest BCUT2D eigenvalue weighted by molar-refractivity contribution is -0.140. The van der Waals surface area contributed by atoms with Crippen LogP contribution >= 0.6 is 0 Å². The molecule has 0 aliphatic heterocycles. The fourth-order valence-electron chi connectivity index (χ4n) is 6.55. The molecule has 0 bridgehead atoms. The van der Waals surface area contributed by atoms with Crippen molar-refractivity contribution >= 4 is 5.97 Å². The summed E-state index contributed by atoms with van der Waals surface area (Å²) in [5.74, 6) is 0.226. The number of halogens is 2. The molecular weight excluding hydrogens is 408 g/mol. The van der Waals surface area contributed by atoms with E-state index >= 15 is 0 Å². The van der Waals surface area contributed by atoms with Crippen LogP contribution in [-0.4, -0.2) is 5.97 Å². The van der Waals surface area contributed by atoms with E-state index in [1.54, 1.807) is 6.07 Å². The molecule has 4 atom stereocenters. The van der Waals surface area contributed by atoms with Crippen molar-refractivity contribution in [3.8, 4) is 11.8 Å². The second kappa shape index (κ2) is 10.1. The highest BCUT2D eigenvalue weighted by atomic mass is 19.2. The molecule has 1 aromatic rings. The molecule has 32 heavy (non-hydrogen) atoms. The first-order valence-corrected chi connectivity index (χ1v) is 12.2. The van der Waals surface area contributed by atoms with Gasteiger partial charge in [0.1, 0.15) is 6.07 Å². The van der Waals surface area contributed by atoms with Gasteiger partial charge in [-0.25, -0.2) is 4.39 Å². The van der Waals surface area contributed by atoms with Crippen LogP contribution in [0.3, 0.4) is 0 Å². The van der Waals surface area contributed by atoms with Crippen molar-refractivity contribution in [1.82, 2.24) is 0 Å². The Morgan fingerprint density at radius 2 is 1.56 bits per heavy atom. The van der Waals surface area contributed by atoms with Gasteiger partial charge in [0.05, 0.1) is 11.5 Å². The largest absolute Gasteiger partial charge is 0.423 e. The Hall–Kier alpha value is -2.22. The molecule has 0 spiro atoms. The van der Waals surface area contributed by atoms with Gasteiger partial charge in [-0.15, -0.1) is 0 Å². The summed E-state index contributed by atoms with van der Waals surface area (Å²) < 4.78 is 33.1. The molecule has 0 saturated heterocycles. The third-order valence-electron chi connectivity index (χ3n) is 8.31. The Balaban J connectivity index is 1.27. The van der Waals surface area contributed by atoms with Crippen molar-refractivity contribution in [3.63, 3.8) is 0 Å². The number of hydrogen-bond acceptors (Lipinski definition) is 3. The van der Waals surface area contributed by atoms with E-state index in [2.05, 4.69) is 19.1 Å². The van der Waals surface area contributed by atoms with Crippen LogP contribution in [0, 0.1) is 58.5 Å². The summed E-state index contributed by atoms with van der Waals surface area (Å²) in [6.45, 7) is 2.12. The minimum absolute atomic E-state index is 0.267. The number of rotatable bonds is 4. The molecule has 5 heteroatoms. The summed E-state index contributed by atoms with van der Waals surface area (Å²) in [6.07, 6.45) is 16.1. The normalized spacial score (nSPS) is 32.8. The van der Waals surface area contributed by atoms with Gasteiger partial charge < -0.3 is 4.74 Å². The molecule has 0 heterocycles. The van der Waals surface area contributed by atoms with Crippen molar-refractivity contribution in [2.45, 2.75) is 71.1 Å². The summed E-state index contributed by atoms with van der Waals surface area (Å²) in [6, 6.07) is 3.88. The highest BCUT2D eigenvalue weighted by molar-refractivity contribution is 5.75. The number of benzene rings is 1. The third kappa shape index (κ3) is 4.90. The monoisotopic (exact) mass is 441 g/mol. The number of esters is 1.